The fraction of sp³-hybridized carbons (Fsp3) is 0.250. The number of nitrogens with one attached hydrogen (secondary N) is 1. The summed E-state index contributed by atoms with van der Waals surface area (Å²) in [5.74, 6) is -0.412. The van der Waals surface area contributed by atoms with E-state index in [1.807, 2.05) is 6.92 Å². The maximum absolute atomic E-state index is 11.3. The number of hydrogen-bond acceptors (Lipinski definition) is 5. The van der Waals surface area contributed by atoms with Crippen molar-refractivity contribution in [3.63, 3.8) is 0 Å². The zero-order chi connectivity index (χ0) is 10.3. The largest absolute Gasteiger partial charge is 0.465 e. The fourth-order valence-corrected chi connectivity index (χ4v) is 2.34. The first kappa shape index (κ1) is 9.01. The number of thiophene rings is 1. The minimum atomic E-state index is -0.412. The second-order valence-corrected chi connectivity index (χ2v) is 3.86. The van der Waals surface area contributed by atoms with Gasteiger partial charge in [0, 0.05) is 5.69 Å². The lowest BCUT2D eigenvalue weighted by Crippen LogP contribution is -2.01. The number of anilines is 1. The number of aryl methyl sites for hydroxylation is 1. The Hall–Kier alpha value is -1.56. The van der Waals surface area contributed by atoms with E-state index in [1.54, 1.807) is 0 Å². The van der Waals surface area contributed by atoms with Crippen LogP contribution in [0.1, 0.15) is 15.4 Å². The molecule has 0 aliphatic rings. The van der Waals surface area contributed by atoms with Crippen molar-refractivity contribution < 1.29 is 9.53 Å². The van der Waals surface area contributed by atoms with Gasteiger partial charge in [0.15, 0.2) is 0 Å². The Kier molecular flexibility index (Phi) is 1.92. The van der Waals surface area contributed by atoms with Gasteiger partial charge in [-0.3, -0.25) is 5.10 Å². The van der Waals surface area contributed by atoms with Crippen LogP contribution in [-0.4, -0.2) is 23.3 Å². The van der Waals surface area contributed by atoms with E-state index in [0.29, 0.717) is 10.6 Å². The van der Waals surface area contributed by atoms with Crippen LogP contribution >= 0.6 is 11.3 Å². The number of aromatic amines is 1. The summed E-state index contributed by atoms with van der Waals surface area (Å²) in [6, 6.07) is 0. The van der Waals surface area contributed by atoms with Gasteiger partial charge in [0.1, 0.15) is 9.71 Å². The summed E-state index contributed by atoms with van der Waals surface area (Å²) in [6.45, 7) is 1.86. The molecule has 0 saturated carbocycles. The SMILES string of the molecule is COC(=O)c1sc2n[nH]c(C)c2c1N. The summed E-state index contributed by atoms with van der Waals surface area (Å²) in [4.78, 5) is 12.4. The number of H-pyrrole nitrogens is 1. The third-order valence-corrected chi connectivity index (χ3v) is 3.08. The average Bonchev–Trinajstić information content (AvgIpc) is 2.68. The predicted molar refractivity (Wildman–Crippen MR) is 54.5 cm³/mol. The van der Waals surface area contributed by atoms with Crippen LogP contribution in [-0.2, 0) is 4.74 Å². The third-order valence-electron chi connectivity index (χ3n) is 2.00. The summed E-state index contributed by atoms with van der Waals surface area (Å²) in [5, 5.41) is 7.65. The van der Waals surface area contributed by atoms with Crippen molar-refractivity contribution in [3.05, 3.63) is 10.6 Å². The number of methoxy groups -OCH3 is 1. The minimum Gasteiger partial charge on any atom is -0.465 e. The molecule has 0 aliphatic carbocycles. The number of nitrogens with zero attached hydrogens (tertiary/aromatic N) is 1. The number of carbonyl (C=O) groups excluding carboxylic acids is 1. The first-order chi connectivity index (χ1) is 6.65. The van der Waals surface area contributed by atoms with Gasteiger partial charge in [-0.25, -0.2) is 4.79 Å². The fourth-order valence-electron chi connectivity index (χ4n) is 1.31. The molecule has 0 bridgehead atoms. The normalized spacial score (nSPS) is 10.7. The van der Waals surface area contributed by atoms with E-state index < -0.39 is 5.97 Å². The van der Waals surface area contributed by atoms with Crippen molar-refractivity contribution in [1.29, 1.82) is 0 Å². The lowest BCUT2D eigenvalue weighted by atomic mass is 10.2. The van der Waals surface area contributed by atoms with Crippen LogP contribution < -0.4 is 5.73 Å². The molecule has 0 unspecified atom stereocenters. The number of rotatable bonds is 1. The molecule has 0 radical (unpaired) electrons. The maximum Gasteiger partial charge on any atom is 0.350 e. The van der Waals surface area contributed by atoms with Crippen molar-refractivity contribution in [2.24, 2.45) is 0 Å². The van der Waals surface area contributed by atoms with Crippen molar-refractivity contribution in [1.82, 2.24) is 10.2 Å². The van der Waals surface area contributed by atoms with Gasteiger partial charge in [-0.15, -0.1) is 11.3 Å². The maximum atomic E-state index is 11.3. The number of nitrogen functional groups attached to an aromatic ring is 1. The molecular formula is C8H9N3O2S. The second-order valence-electron chi connectivity index (χ2n) is 2.87. The highest BCUT2D eigenvalue weighted by atomic mass is 32.1. The average molecular weight is 211 g/mol. The molecule has 74 valence electrons. The number of nitrogens with two attached hydrogens (primary N) is 1. The van der Waals surface area contributed by atoms with Crippen LogP contribution in [0.25, 0.3) is 10.2 Å². The van der Waals surface area contributed by atoms with Crippen molar-refractivity contribution in [3.8, 4) is 0 Å². The molecule has 2 aromatic rings. The molecule has 6 heteroatoms. The summed E-state index contributed by atoms with van der Waals surface area (Å²) >= 11 is 1.24. The molecule has 0 amide bonds. The van der Waals surface area contributed by atoms with E-state index in [-0.39, 0.29) is 0 Å². The Morgan fingerprint density at radius 3 is 2.93 bits per heavy atom. The molecule has 5 nitrogen and oxygen atoms in total. The lowest BCUT2D eigenvalue weighted by Gasteiger charge is -1.96. The predicted octanol–water partition coefficient (Wildman–Crippen LogP) is 1.30. The van der Waals surface area contributed by atoms with E-state index in [9.17, 15) is 4.79 Å². The first-order valence-corrected chi connectivity index (χ1v) is 4.78. The standard InChI is InChI=1S/C8H9N3O2S/c1-3-4-5(9)6(8(12)13-2)14-7(4)11-10-3/h9H2,1-2H3,(H,10,11). The molecular weight excluding hydrogens is 202 g/mol. The highest BCUT2D eigenvalue weighted by Gasteiger charge is 2.19. The zero-order valence-corrected chi connectivity index (χ0v) is 8.57. The smallest absolute Gasteiger partial charge is 0.350 e. The monoisotopic (exact) mass is 211 g/mol. The molecule has 0 aliphatic heterocycles. The minimum absolute atomic E-state index is 0.412. The van der Waals surface area contributed by atoms with Crippen molar-refractivity contribution >= 4 is 33.2 Å². The molecule has 2 rings (SSSR count). The molecule has 0 fully saturated rings. The summed E-state index contributed by atoms with van der Waals surface area (Å²) in [7, 11) is 1.33. The highest BCUT2D eigenvalue weighted by Crippen LogP contribution is 2.34. The Morgan fingerprint density at radius 2 is 2.36 bits per heavy atom. The number of carbonyl (C=O) groups is 1. The van der Waals surface area contributed by atoms with Crippen LogP contribution in [0.5, 0.6) is 0 Å². The van der Waals surface area contributed by atoms with Crippen LogP contribution in [0.2, 0.25) is 0 Å². The Balaban J connectivity index is 2.69. The van der Waals surface area contributed by atoms with Gasteiger partial charge in [-0.2, -0.15) is 5.10 Å². The summed E-state index contributed by atoms with van der Waals surface area (Å²) in [6.07, 6.45) is 0. The number of hydrogen-bond donors (Lipinski definition) is 2. The highest BCUT2D eigenvalue weighted by molar-refractivity contribution is 7.21. The zero-order valence-electron chi connectivity index (χ0n) is 7.75. The number of fused-ring (bicyclic) bond motifs is 1. The summed E-state index contributed by atoms with van der Waals surface area (Å²) < 4.78 is 4.61. The van der Waals surface area contributed by atoms with Crippen LogP contribution in [0.3, 0.4) is 0 Å². The molecule has 0 aromatic carbocycles. The van der Waals surface area contributed by atoms with Crippen molar-refractivity contribution in [2.75, 3.05) is 12.8 Å². The van der Waals surface area contributed by atoms with Gasteiger partial charge in [0.05, 0.1) is 18.2 Å². The van der Waals surface area contributed by atoms with Crippen molar-refractivity contribution in [2.45, 2.75) is 6.92 Å². The van der Waals surface area contributed by atoms with Gasteiger partial charge in [-0.1, -0.05) is 0 Å². The topological polar surface area (TPSA) is 81.0 Å². The van der Waals surface area contributed by atoms with E-state index in [2.05, 4.69) is 14.9 Å². The second kappa shape index (κ2) is 2.98. The Bertz CT molecular complexity index is 500. The lowest BCUT2D eigenvalue weighted by molar-refractivity contribution is 0.0607. The number of esters is 1. The number of ether oxygens (including phenoxy) is 1. The molecule has 2 heterocycles. The van der Waals surface area contributed by atoms with Gasteiger partial charge in [0.2, 0.25) is 0 Å². The van der Waals surface area contributed by atoms with E-state index in [0.717, 1.165) is 15.9 Å². The molecule has 14 heavy (non-hydrogen) atoms. The quantitative estimate of drug-likeness (QED) is 0.697. The molecule has 3 N–H and O–H groups in total. The molecule has 2 aromatic heterocycles. The Labute approximate surface area is 83.9 Å². The molecule has 0 atom stereocenters. The van der Waals surface area contributed by atoms with Crippen LogP contribution in [0.15, 0.2) is 0 Å². The van der Waals surface area contributed by atoms with Crippen LogP contribution in [0, 0.1) is 6.92 Å². The van der Waals surface area contributed by atoms with Gasteiger partial charge >= 0.3 is 5.97 Å². The van der Waals surface area contributed by atoms with Gasteiger partial charge < -0.3 is 10.5 Å². The van der Waals surface area contributed by atoms with Gasteiger partial charge in [0.25, 0.3) is 0 Å². The first-order valence-electron chi connectivity index (χ1n) is 3.96. The molecule has 0 spiro atoms. The van der Waals surface area contributed by atoms with E-state index in [1.165, 1.54) is 18.4 Å². The molecule has 0 saturated heterocycles. The summed E-state index contributed by atoms with van der Waals surface area (Å²) in [5.41, 5.74) is 7.12. The van der Waals surface area contributed by atoms with Crippen LogP contribution in [0.4, 0.5) is 5.69 Å². The number of aromatic nitrogens is 2. The van der Waals surface area contributed by atoms with E-state index >= 15 is 0 Å². The van der Waals surface area contributed by atoms with E-state index in [4.69, 9.17) is 5.73 Å². The third kappa shape index (κ3) is 1.07. The Morgan fingerprint density at radius 1 is 1.64 bits per heavy atom. The van der Waals surface area contributed by atoms with Gasteiger partial charge in [-0.05, 0) is 6.92 Å².